The van der Waals surface area contributed by atoms with Crippen LogP contribution in [0.4, 0.5) is 0 Å². The summed E-state index contributed by atoms with van der Waals surface area (Å²) < 4.78 is 0.537. The fourth-order valence-corrected chi connectivity index (χ4v) is 1.77. The van der Waals surface area contributed by atoms with E-state index in [0.717, 1.165) is 5.56 Å². The number of carbonyl (C=O) groups is 2. The summed E-state index contributed by atoms with van der Waals surface area (Å²) in [6.45, 7) is 3.57. The van der Waals surface area contributed by atoms with Gasteiger partial charge in [0, 0.05) is 6.42 Å². The van der Waals surface area contributed by atoms with Crippen molar-refractivity contribution < 1.29 is 14.7 Å². The summed E-state index contributed by atoms with van der Waals surface area (Å²) in [5, 5.41) is 11.4. The number of hydrogen-bond acceptors (Lipinski definition) is 2. The fourth-order valence-electron chi connectivity index (χ4n) is 1.45. The summed E-state index contributed by atoms with van der Waals surface area (Å²) in [5.74, 6) is -1.39. The Morgan fingerprint density at radius 3 is 2.44 bits per heavy atom. The van der Waals surface area contributed by atoms with E-state index in [1.54, 1.807) is 0 Å². The lowest BCUT2D eigenvalue weighted by Crippen LogP contribution is -2.41. The molecule has 18 heavy (non-hydrogen) atoms. The molecule has 0 aliphatic carbocycles. The van der Waals surface area contributed by atoms with Crippen molar-refractivity contribution in [3.63, 3.8) is 0 Å². The van der Waals surface area contributed by atoms with Crippen LogP contribution in [0, 0.1) is 0 Å². The highest BCUT2D eigenvalue weighted by Crippen LogP contribution is 2.10. The van der Waals surface area contributed by atoms with Gasteiger partial charge in [-0.05, 0) is 10.0 Å². The molecule has 1 rings (SSSR count). The lowest BCUT2D eigenvalue weighted by Gasteiger charge is -2.13. The molecule has 0 spiro atoms. The first kappa shape index (κ1) is 14.4. The Morgan fingerprint density at radius 2 is 1.94 bits per heavy atom. The number of carboxylic acid groups (broad SMARTS) is 1. The van der Waals surface area contributed by atoms with Crippen LogP contribution < -0.4 is 5.32 Å². The quantitative estimate of drug-likeness (QED) is 0.845. The highest BCUT2D eigenvalue weighted by Gasteiger charge is 2.20. The third kappa shape index (κ3) is 5.14. The van der Waals surface area contributed by atoms with Crippen LogP contribution in [0.3, 0.4) is 0 Å². The zero-order valence-electron chi connectivity index (χ0n) is 9.73. The number of amides is 1. The van der Waals surface area contributed by atoms with Crippen molar-refractivity contribution in [2.45, 2.75) is 18.9 Å². The number of aliphatic carboxylic acids is 1. The first-order valence-corrected chi connectivity index (χ1v) is 6.17. The van der Waals surface area contributed by atoms with Gasteiger partial charge in [0.1, 0.15) is 6.04 Å². The van der Waals surface area contributed by atoms with Gasteiger partial charge in [-0.3, -0.25) is 4.79 Å². The molecule has 0 radical (unpaired) electrons. The fraction of sp³-hybridized carbons (Fsp3) is 0.231. The predicted molar refractivity (Wildman–Crippen MR) is 72.4 cm³/mol. The summed E-state index contributed by atoms with van der Waals surface area (Å²) in [4.78, 5) is 22.6. The third-order valence-electron chi connectivity index (χ3n) is 2.27. The minimum absolute atomic E-state index is 0.163. The van der Waals surface area contributed by atoms with Gasteiger partial charge in [-0.15, -0.1) is 0 Å². The summed E-state index contributed by atoms with van der Waals surface area (Å²) in [6.07, 6.45) is 0.329. The molecular formula is C13H14BrNO3. The maximum Gasteiger partial charge on any atom is 0.326 e. The lowest BCUT2D eigenvalue weighted by atomic mass is 10.1. The summed E-state index contributed by atoms with van der Waals surface area (Å²) in [7, 11) is 0. The molecule has 0 fully saturated rings. The summed E-state index contributed by atoms with van der Waals surface area (Å²) in [5.41, 5.74) is 0.844. The highest BCUT2D eigenvalue weighted by molar-refractivity contribution is 9.11. The molecule has 0 bridgehead atoms. The van der Waals surface area contributed by atoms with Gasteiger partial charge < -0.3 is 10.4 Å². The number of rotatable bonds is 6. The molecule has 0 saturated carbocycles. The van der Waals surface area contributed by atoms with Gasteiger partial charge in [0.25, 0.3) is 0 Å². The lowest BCUT2D eigenvalue weighted by molar-refractivity contribution is -0.141. The second-order valence-electron chi connectivity index (χ2n) is 3.84. The van der Waals surface area contributed by atoms with Crippen LogP contribution in [0.1, 0.15) is 12.0 Å². The molecule has 0 aliphatic rings. The maximum atomic E-state index is 11.7. The van der Waals surface area contributed by atoms with E-state index < -0.39 is 12.0 Å². The van der Waals surface area contributed by atoms with Crippen LogP contribution in [0.15, 0.2) is 41.4 Å². The second kappa shape index (κ2) is 6.96. The summed E-state index contributed by atoms with van der Waals surface area (Å²) >= 11 is 3.09. The van der Waals surface area contributed by atoms with E-state index in [-0.39, 0.29) is 18.7 Å². The molecule has 1 aromatic rings. The molecule has 96 valence electrons. The molecule has 4 nitrogen and oxygen atoms in total. The van der Waals surface area contributed by atoms with Crippen molar-refractivity contribution in [2.24, 2.45) is 0 Å². The molecule has 1 amide bonds. The molecule has 5 heteroatoms. The first-order chi connectivity index (χ1) is 8.49. The molecule has 0 heterocycles. The molecular weight excluding hydrogens is 298 g/mol. The Labute approximate surface area is 114 Å². The van der Waals surface area contributed by atoms with Crippen LogP contribution in [-0.4, -0.2) is 23.0 Å². The maximum absolute atomic E-state index is 11.7. The van der Waals surface area contributed by atoms with Crippen LogP contribution in [-0.2, 0) is 16.0 Å². The normalized spacial score (nSPS) is 11.6. The van der Waals surface area contributed by atoms with E-state index in [9.17, 15) is 9.59 Å². The number of carbonyl (C=O) groups excluding carboxylic acids is 1. The van der Waals surface area contributed by atoms with Crippen molar-refractivity contribution in [3.8, 4) is 0 Å². The number of nitrogens with one attached hydrogen (secondary N) is 1. The van der Waals surface area contributed by atoms with Crippen LogP contribution in [0.5, 0.6) is 0 Å². The third-order valence-corrected chi connectivity index (χ3v) is 2.59. The first-order valence-electron chi connectivity index (χ1n) is 5.38. The van der Waals surface area contributed by atoms with Gasteiger partial charge in [0.05, 0.1) is 6.42 Å². The average molecular weight is 312 g/mol. The Morgan fingerprint density at radius 1 is 1.33 bits per heavy atom. The van der Waals surface area contributed by atoms with Gasteiger partial charge in [-0.2, -0.15) is 0 Å². The largest absolute Gasteiger partial charge is 0.480 e. The Kier molecular flexibility index (Phi) is 5.58. The van der Waals surface area contributed by atoms with E-state index in [0.29, 0.717) is 4.48 Å². The van der Waals surface area contributed by atoms with Gasteiger partial charge in [0.15, 0.2) is 0 Å². The molecule has 0 aliphatic heterocycles. The van der Waals surface area contributed by atoms with Crippen LogP contribution in [0.2, 0.25) is 0 Å². The second-order valence-corrected chi connectivity index (χ2v) is 4.96. The molecule has 1 atom stereocenters. The number of hydrogen-bond donors (Lipinski definition) is 2. The van der Waals surface area contributed by atoms with Gasteiger partial charge in [-0.1, -0.05) is 52.8 Å². The number of benzene rings is 1. The monoisotopic (exact) mass is 311 g/mol. The average Bonchev–Trinajstić information content (AvgIpc) is 2.28. The van der Waals surface area contributed by atoms with Crippen molar-refractivity contribution >= 4 is 27.8 Å². The topological polar surface area (TPSA) is 66.4 Å². The minimum atomic E-state index is -1.07. The molecule has 2 N–H and O–H groups in total. The van der Waals surface area contributed by atoms with E-state index >= 15 is 0 Å². The minimum Gasteiger partial charge on any atom is -0.480 e. The molecule has 0 unspecified atom stereocenters. The number of carboxylic acids is 1. The summed E-state index contributed by atoms with van der Waals surface area (Å²) in [6, 6.07) is 8.20. The molecule has 1 aromatic carbocycles. The van der Waals surface area contributed by atoms with E-state index in [2.05, 4.69) is 27.8 Å². The molecule has 0 aromatic heterocycles. The van der Waals surface area contributed by atoms with Crippen LogP contribution >= 0.6 is 15.9 Å². The zero-order chi connectivity index (χ0) is 13.5. The highest BCUT2D eigenvalue weighted by atomic mass is 79.9. The van der Waals surface area contributed by atoms with Crippen molar-refractivity contribution in [3.05, 3.63) is 47.0 Å². The SMILES string of the molecule is C=C(Br)C[C@H](NC(=O)Cc1ccccc1)C(=O)O. The van der Waals surface area contributed by atoms with E-state index in [1.807, 2.05) is 30.3 Å². The Balaban J connectivity index is 2.56. The van der Waals surface area contributed by atoms with Crippen LogP contribution in [0.25, 0.3) is 0 Å². The standard InChI is InChI=1S/C13H14BrNO3/c1-9(14)7-11(13(17)18)15-12(16)8-10-5-3-2-4-6-10/h2-6,11H,1,7-8H2,(H,15,16)(H,17,18)/t11-/m0/s1. The van der Waals surface area contributed by atoms with Crippen molar-refractivity contribution in [2.75, 3.05) is 0 Å². The van der Waals surface area contributed by atoms with Crippen molar-refractivity contribution in [1.29, 1.82) is 0 Å². The van der Waals surface area contributed by atoms with Gasteiger partial charge in [0.2, 0.25) is 5.91 Å². The zero-order valence-corrected chi connectivity index (χ0v) is 11.3. The Bertz CT molecular complexity index is 445. The van der Waals surface area contributed by atoms with E-state index in [4.69, 9.17) is 5.11 Å². The van der Waals surface area contributed by atoms with Crippen molar-refractivity contribution in [1.82, 2.24) is 5.32 Å². The van der Waals surface area contributed by atoms with Gasteiger partial charge >= 0.3 is 5.97 Å². The molecule has 0 saturated heterocycles. The predicted octanol–water partition coefficient (Wildman–Crippen LogP) is 2.10. The smallest absolute Gasteiger partial charge is 0.326 e. The Hall–Kier alpha value is -1.62. The number of halogens is 1. The van der Waals surface area contributed by atoms with Gasteiger partial charge in [-0.25, -0.2) is 4.79 Å². The van der Waals surface area contributed by atoms with E-state index in [1.165, 1.54) is 0 Å².